The normalized spacial score (nSPS) is 10.2. The fourth-order valence-corrected chi connectivity index (χ4v) is 2.00. The van der Waals surface area contributed by atoms with Gasteiger partial charge in [0.25, 0.3) is 0 Å². The molecule has 2 aromatic rings. The first kappa shape index (κ1) is 12.9. The van der Waals surface area contributed by atoms with Crippen molar-refractivity contribution >= 4 is 29.2 Å². The molecule has 2 rings (SSSR count). The lowest BCUT2D eigenvalue weighted by Crippen LogP contribution is -2.02. The molecule has 0 spiro atoms. The van der Waals surface area contributed by atoms with Gasteiger partial charge in [-0.1, -0.05) is 35.3 Å². The molecule has 0 aliphatic rings. The molecule has 0 bridgehead atoms. The van der Waals surface area contributed by atoms with E-state index in [1.165, 1.54) is 7.11 Å². The van der Waals surface area contributed by atoms with E-state index < -0.39 is 5.97 Å². The fourth-order valence-electron chi connectivity index (χ4n) is 1.56. The van der Waals surface area contributed by atoms with Gasteiger partial charge in [0.05, 0.1) is 17.7 Å². The summed E-state index contributed by atoms with van der Waals surface area (Å²) in [5.74, 6) is -0.502. The lowest BCUT2D eigenvalue weighted by molar-refractivity contribution is 0.0600. The van der Waals surface area contributed by atoms with Crippen LogP contribution >= 0.6 is 23.2 Å². The second-order valence-corrected chi connectivity index (χ2v) is 4.46. The van der Waals surface area contributed by atoms with Crippen molar-refractivity contribution in [1.82, 2.24) is 0 Å². The summed E-state index contributed by atoms with van der Waals surface area (Å²) in [5.41, 5.74) is 1.98. The molecule has 0 aliphatic heterocycles. The van der Waals surface area contributed by atoms with E-state index in [0.717, 1.165) is 11.1 Å². The third-order valence-electron chi connectivity index (χ3n) is 2.44. The molecule has 0 N–H and O–H groups in total. The van der Waals surface area contributed by atoms with Crippen molar-refractivity contribution in [3.8, 4) is 11.1 Å². The zero-order chi connectivity index (χ0) is 13.1. The largest absolute Gasteiger partial charge is 0.465 e. The molecule has 1 radical (unpaired) electrons. The maximum atomic E-state index is 11.4. The molecular formula is C14H9Cl2O2. The first-order valence-electron chi connectivity index (χ1n) is 5.17. The van der Waals surface area contributed by atoms with E-state index in [2.05, 4.69) is 10.8 Å². The molecule has 18 heavy (non-hydrogen) atoms. The molecule has 0 saturated heterocycles. The Kier molecular flexibility index (Phi) is 3.90. The predicted molar refractivity (Wildman–Crippen MR) is 72.1 cm³/mol. The van der Waals surface area contributed by atoms with Gasteiger partial charge in [-0.2, -0.15) is 0 Å². The molecule has 0 aromatic heterocycles. The third-order valence-corrected chi connectivity index (χ3v) is 2.97. The topological polar surface area (TPSA) is 26.3 Å². The molecular weight excluding hydrogens is 271 g/mol. The summed E-state index contributed by atoms with van der Waals surface area (Å²) in [6.45, 7) is 0. The van der Waals surface area contributed by atoms with Gasteiger partial charge in [-0.15, -0.1) is 0 Å². The fraction of sp³-hybridized carbons (Fsp3) is 0.0714. The number of carbonyl (C=O) groups is 1. The van der Waals surface area contributed by atoms with Gasteiger partial charge in [-0.3, -0.25) is 0 Å². The molecule has 91 valence electrons. The van der Waals surface area contributed by atoms with Crippen LogP contribution in [0.3, 0.4) is 0 Å². The summed E-state index contributed by atoms with van der Waals surface area (Å²) >= 11 is 11.9. The second-order valence-electron chi connectivity index (χ2n) is 3.61. The van der Waals surface area contributed by atoms with Gasteiger partial charge < -0.3 is 4.74 Å². The van der Waals surface area contributed by atoms with Gasteiger partial charge in [0.15, 0.2) is 0 Å². The SMILES string of the molecule is COC(=O)c1[c]cc(-c2cccc(Cl)c2)cc1Cl. The lowest BCUT2D eigenvalue weighted by atomic mass is 10.0. The van der Waals surface area contributed by atoms with E-state index >= 15 is 0 Å². The van der Waals surface area contributed by atoms with Crippen LogP contribution in [-0.4, -0.2) is 13.1 Å². The summed E-state index contributed by atoms with van der Waals surface area (Å²) in [6.07, 6.45) is 0. The molecule has 0 aliphatic carbocycles. The van der Waals surface area contributed by atoms with Gasteiger partial charge in [0, 0.05) is 5.02 Å². The summed E-state index contributed by atoms with van der Waals surface area (Å²) in [5, 5.41) is 0.944. The van der Waals surface area contributed by atoms with Crippen LogP contribution in [-0.2, 0) is 4.74 Å². The molecule has 2 aromatic carbocycles. The molecule has 0 unspecified atom stereocenters. The van der Waals surface area contributed by atoms with Crippen LogP contribution in [0.2, 0.25) is 10.0 Å². The quantitative estimate of drug-likeness (QED) is 0.769. The lowest BCUT2D eigenvalue weighted by Gasteiger charge is -2.06. The molecule has 4 heteroatoms. The van der Waals surface area contributed by atoms with E-state index in [1.807, 2.05) is 18.2 Å². The van der Waals surface area contributed by atoms with Crippen molar-refractivity contribution in [2.45, 2.75) is 0 Å². The molecule has 0 heterocycles. The van der Waals surface area contributed by atoms with Gasteiger partial charge in [-0.05, 0) is 41.5 Å². The Morgan fingerprint density at radius 3 is 2.61 bits per heavy atom. The van der Waals surface area contributed by atoms with Crippen molar-refractivity contribution in [2.75, 3.05) is 7.11 Å². The highest BCUT2D eigenvalue weighted by Crippen LogP contribution is 2.27. The summed E-state index contributed by atoms with van der Waals surface area (Å²) in [6, 6.07) is 13.6. The second kappa shape index (κ2) is 5.42. The molecule has 0 saturated carbocycles. The van der Waals surface area contributed by atoms with E-state index in [1.54, 1.807) is 18.2 Å². The van der Waals surface area contributed by atoms with Gasteiger partial charge in [-0.25, -0.2) is 4.79 Å². The average molecular weight is 280 g/mol. The number of hydrogen-bond acceptors (Lipinski definition) is 2. The monoisotopic (exact) mass is 279 g/mol. The number of benzene rings is 2. The van der Waals surface area contributed by atoms with Crippen LogP contribution < -0.4 is 0 Å². The Morgan fingerprint density at radius 2 is 2.00 bits per heavy atom. The van der Waals surface area contributed by atoms with Crippen LogP contribution in [0, 0.1) is 6.07 Å². The molecule has 0 atom stereocenters. The third kappa shape index (κ3) is 2.66. The first-order valence-corrected chi connectivity index (χ1v) is 5.93. The Hall–Kier alpha value is -1.51. The first-order chi connectivity index (χ1) is 8.61. The van der Waals surface area contributed by atoms with E-state index in [-0.39, 0.29) is 5.56 Å². The van der Waals surface area contributed by atoms with Crippen LogP contribution in [0.15, 0.2) is 36.4 Å². The highest BCUT2D eigenvalue weighted by molar-refractivity contribution is 6.34. The van der Waals surface area contributed by atoms with E-state index in [4.69, 9.17) is 23.2 Å². The summed E-state index contributed by atoms with van der Waals surface area (Å²) in [4.78, 5) is 11.4. The number of hydrogen-bond donors (Lipinski definition) is 0. The highest BCUT2D eigenvalue weighted by Gasteiger charge is 2.11. The van der Waals surface area contributed by atoms with Crippen molar-refractivity contribution in [2.24, 2.45) is 0 Å². The van der Waals surface area contributed by atoms with Crippen molar-refractivity contribution in [3.05, 3.63) is 58.1 Å². The number of rotatable bonds is 2. The smallest absolute Gasteiger partial charge is 0.340 e. The molecule has 0 amide bonds. The maximum Gasteiger partial charge on any atom is 0.340 e. The molecule has 0 fully saturated rings. The summed E-state index contributed by atoms with van der Waals surface area (Å²) < 4.78 is 4.61. The number of halogens is 2. The van der Waals surface area contributed by atoms with Gasteiger partial charge in [0.1, 0.15) is 0 Å². The number of ether oxygens (including phenoxy) is 1. The Balaban J connectivity index is 2.43. The minimum absolute atomic E-state index is 0.227. The highest BCUT2D eigenvalue weighted by atomic mass is 35.5. The number of methoxy groups -OCH3 is 1. The van der Waals surface area contributed by atoms with Crippen molar-refractivity contribution < 1.29 is 9.53 Å². The minimum Gasteiger partial charge on any atom is -0.465 e. The standard InChI is InChI=1S/C14H9Cl2O2/c1-18-14(17)12-6-5-10(8-13(12)16)9-3-2-4-11(15)7-9/h2-5,7-8H,1H3. The zero-order valence-corrected chi connectivity index (χ0v) is 11.0. The number of carbonyl (C=O) groups excluding carboxylic acids is 1. The number of esters is 1. The molecule has 2 nitrogen and oxygen atoms in total. The minimum atomic E-state index is -0.502. The van der Waals surface area contributed by atoms with Crippen molar-refractivity contribution in [3.63, 3.8) is 0 Å². The van der Waals surface area contributed by atoms with Gasteiger partial charge in [0.2, 0.25) is 0 Å². The Morgan fingerprint density at radius 1 is 1.22 bits per heavy atom. The van der Waals surface area contributed by atoms with Crippen LogP contribution in [0.5, 0.6) is 0 Å². The van der Waals surface area contributed by atoms with E-state index in [9.17, 15) is 4.79 Å². The average Bonchev–Trinajstić information content (AvgIpc) is 2.37. The van der Waals surface area contributed by atoms with E-state index in [0.29, 0.717) is 10.0 Å². The maximum absolute atomic E-state index is 11.4. The Bertz CT molecular complexity index is 594. The van der Waals surface area contributed by atoms with Crippen LogP contribution in [0.4, 0.5) is 0 Å². The zero-order valence-electron chi connectivity index (χ0n) is 9.54. The van der Waals surface area contributed by atoms with Gasteiger partial charge >= 0.3 is 5.97 Å². The Labute approximate surface area is 115 Å². The van der Waals surface area contributed by atoms with Crippen molar-refractivity contribution in [1.29, 1.82) is 0 Å². The van der Waals surface area contributed by atoms with Crippen LogP contribution in [0.25, 0.3) is 11.1 Å². The van der Waals surface area contributed by atoms with Crippen LogP contribution in [0.1, 0.15) is 10.4 Å². The predicted octanol–water partition coefficient (Wildman–Crippen LogP) is 4.25. The summed E-state index contributed by atoms with van der Waals surface area (Å²) in [7, 11) is 1.30.